The molecule has 0 aliphatic heterocycles. The Labute approximate surface area is 143 Å². The van der Waals surface area contributed by atoms with Crippen LogP contribution in [0.4, 0.5) is 0 Å². The quantitative estimate of drug-likeness (QED) is 0.740. The van der Waals surface area contributed by atoms with E-state index in [4.69, 9.17) is 11.6 Å². The van der Waals surface area contributed by atoms with Gasteiger partial charge in [0, 0.05) is 24.7 Å². The first-order valence-corrected chi connectivity index (χ1v) is 8.73. The van der Waals surface area contributed by atoms with E-state index in [0.717, 1.165) is 31.5 Å². The zero-order chi connectivity index (χ0) is 16.9. The molecule has 0 saturated heterocycles. The molecule has 0 unspecified atom stereocenters. The van der Waals surface area contributed by atoms with Crippen LogP contribution in [-0.2, 0) is 16.1 Å². The van der Waals surface area contributed by atoms with E-state index in [2.05, 4.69) is 19.2 Å². The number of carbonyl (C=O) groups is 2. The second-order valence-electron chi connectivity index (χ2n) is 6.18. The van der Waals surface area contributed by atoms with Gasteiger partial charge in [-0.25, -0.2) is 0 Å². The molecule has 1 N–H and O–H groups in total. The second-order valence-corrected chi connectivity index (χ2v) is 6.62. The Balaban J connectivity index is 1.97. The van der Waals surface area contributed by atoms with Gasteiger partial charge in [-0.05, 0) is 43.4 Å². The Morgan fingerprint density at radius 2 is 1.70 bits per heavy atom. The lowest BCUT2D eigenvalue weighted by atomic mass is 10.0. The number of rotatable bonds is 8. The summed E-state index contributed by atoms with van der Waals surface area (Å²) in [5, 5.41) is 3.58. The zero-order valence-electron chi connectivity index (χ0n) is 13.9. The van der Waals surface area contributed by atoms with E-state index in [-0.39, 0.29) is 11.8 Å². The average molecular weight is 337 g/mol. The van der Waals surface area contributed by atoms with Gasteiger partial charge in [-0.3, -0.25) is 9.59 Å². The van der Waals surface area contributed by atoms with Gasteiger partial charge in [0.15, 0.2) is 0 Å². The van der Waals surface area contributed by atoms with E-state index < -0.39 is 5.41 Å². The standard InChI is InChI=1S/C18H25ClN2O2/c1-3-11-21(12-4-2)17(23)18(9-10-18)16(22)20-13-14-5-7-15(19)8-6-14/h5-8H,3-4,9-13H2,1-2H3,(H,20,22). The van der Waals surface area contributed by atoms with Crippen molar-refractivity contribution in [2.45, 2.75) is 46.1 Å². The molecule has 4 nitrogen and oxygen atoms in total. The van der Waals surface area contributed by atoms with Crippen LogP contribution in [0.2, 0.25) is 5.02 Å². The Hall–Kier alpha value is -1.55. The molecular formula is C18H25ClN2O2. The zero-order valence-corrected chi connectivity index (χ0v) is 14.7. The fraction of sp³-hybridized carbons (Fsp3) is 0.556. The third kappa shape index (κ3) is 4.25. The van der Waals surface area contributed by atoms with Crippen LogP contribution >= 0.6 is 11.6 Å². The first-order valence-electron chi connectivity index (χ1n) is 8.35. The SMILES string of the molecule is CCCN(CCC)C(=O)C1(C(=O)NCc2ccc(Cl)cc2)CC1. The number of hydrogen-bond acceptors (Lipinski definition) is 2. The minimum absolute atomic E-state index is 0.00481. The van der Waals surface area contributed by atoms with E-state index in [9.17, 15) is 9.59 Å². The maximum Gasteiger partial charge on any atom is 0.238 e. The van der Waals surface area contributed by atoms with Crippen LogP contribution < -0.4 is 5.32 Å². The summed E-state index contributed by atoms with van der Waals surface area (Å²) < 4.78 is 0. The molecule has 2 rings (SSSR count). The van der Waals surface area contributed by atoms with E-state index in [1.54, 1.807) is 12.1 Å². The first kappa shape index (κ1) is 17.8. The van der Waals surface area contributed by atoms with Crippen LogP contribution in [0.3, 0.4) is 0 Å². The highest BCUT2D eigenvalue weighted by Crippen LogP contribution is 2.47. The maximum atomic E-state index is 12.8. The molecule has 23 heavy (non-hydrogen) atoms. The highest BCUT2D eigenvalue weighted by Gasteiger charge is 2.57. The van der Waals surface area contributed by atoms with Gasteiger partial charge < -0.3 is 10.2 Å². The maximum absolute atomic E-state index is 12.8. The van der Waals surface area contributed by atoms with E-state index in [1.165, 1.54) is 0 Å². The summed E-state index contributed by atoms with van der Waals surface area (Å²) in [4.78, 5) is 27.1. The summed E-state index contributed by atoms with van der Waals surface area (Å²) in [5.41, 5.74) is 0.154. The van der Waals surface area contributed by atoms with Crippen molar-refractivity contribution < 1.29 is 9.59 Å². The molecule has 1 fully saturated rings. The summed E-state index contributed by atoms with van der Waals surface area (Å²) in [6.07, 6.45) is 3.13. The number of nitrogens with zero attached hydrogens (tertiary/aromatic N) is 1. The third-order valence-electron chi connectivity index (χ3n) is 4.23. The molecule has 1 aromatic rings. The van der Waals surface area contributed by atoms with Gasteiger partial charge in [-0.15, -0.1) is 0 Å². The Morgan fingerprint density at radius 3 is 2.17 bits per heavy atom. The molecule has 0 aromatic heterocycles. The smallest absolute Gasteiger partial charge is 0.238 e. The van der Waals surface area contributed by atoms with Crippen molar-refractivity contribution in [3.63, 3.8) is 0 Å². The second kappa shape index (κ2) is 7.82. The minimum atomic E-state index is -0.823. The molecule has 0 bridgehead atoms. The molecule has 0 heterocycles. The lowest BCUT2D eigenvalue weighted by Crippen LogP contribution is -2.45. The van der Waals surface area contributed by atoms with Gasteiger partial charge in [0.2, 0.25) is 11.8 Å². The Kier molecular flexibility index (Phi) is 6.05. The summed E-state index contributed by atoms with van der Waals surface area (Å²) in [6.45, 7) is 5.97. The Morgan fingerprint density at radius 1 is 1.13 bits per heavy atom. The predicted octanol–water partition coefficient (Wildman–Crippen LogP) is 3.39. The highest BCUT2D eigenvalue weighted by atomic mass is 35.5. The molecule has 126 valence electrons. The van der Waals surface area contributed by atoms with Gasteiger partial charge in [0.1, 0.15) is 5.41 Å². The average Bonchev–Trinajstić information content (AvgIpc) is 3.35. The van der Waals surface area contributed by atoms with Crippen molar-refractivity contribution in [1.82, 2.24) is 10.2 Å². The van der Waals surface area contributed by atoms with Crippen LogP contribution in [0.1, 0.15) is 45.1 Å². The van der Waals surface area contributed by atoms with E-state index >= 15 is 0 Å². The van der Waals surface area contributed by atoms with Crippen molar-refractivity contribution in [1.29, 1.82) is 0 Å². The van der Waals surface area contributed by atoms with Crippen molar-refractivity contribution in [3.05, 3.63) is 34.9 Å². The number of halogens is 1. The van der Waals surface area contributed by atoms with Crippen molar-refractivity contribution in [3.8, 4) is 0 Å². The summed E-state index contributed by atoms with van der Waals surface area (Å²) in [7, 11) is 0. The van der Waals surface area contributed by atoms with Crippen LogP contribution in [0.15, 0.2) is 24.3 Å². The molecular weight excluding hydrogens is 312 g/mol. The normalized spacial score (nSPS) is 15.1. The number of carbonyl (C=O) groups excluding carboxylic acids is 2. The fourth-order valence-corrected chi connectivity index (χ4v) is 2.90. The van der Waals surface area contributed by atoms with E-state index in [0.29, 0.717) is 24.4 Å². The van der Waals surface area contributed by atoms with E-state index in [1.807, 2.05) is 17.0 Å². The predicted molar refractivity (Wildman–Crippen MR) is 92.1 cm³/mol. The van der Waals surface area contributed by atoms with Crippen LogP contribution in [0.5, 0.6) is 0 Å². The molecule has 5 heteroatoms. The monoisotopic (exact) mass is 336 g/mol. The molecule has 0 spiro atoms. The summed E-state index contributed by atoms with van der Waals surface area (Å²) in [6, 6.07) is 7.35. The van der Waals surface area contributed by atoms with Gasteiger partial charge in [-0.1, -0.05) is 37.6 Å². The molecule has 2 amide bonds. The van der Waals surface area contributed by atoms with Crippen molar-refractivity contribution in [2.75, 3.05) is 13.1 Å². The highest BCUT2D eigenvalue weighted by molar-refractivity contribution is 6.30. The van der Waals surface area contributed by atoms with Gasteiger partial charge in [0.25, 0.3) is 0 Å². The van der Waals surface area contributed by atoms with Gasteiger partial charge in [0.05, 0.1) is 0 Å². The van der Waals surface area contributed by atoms with Crippen molar-refractivity contribution >= 4 is 23.4 Å². The molecule has 0 radical (unpaired) electrons. The largest absolute Gasteiger partial charge is 0.351 e. The number of benzene rings is 1. The number of hydrogen-bond donors (Lipinski definition) is 1. The topological polar surface area (TPSA) is 49.4 Å². The van der Waals surface area contributed by atoms with Crippen LogP contribution in [0, 0.1) is 5.41 Å². The Bertz CT molecular complexity index is 547. The lowest BCUT2D eigenvalue weighted by Gasteiger charge is -2.26. The number of nitrogens with one attached hydrogen (secondary N) is 1. The molecule has 1 aliphatic carbocycles. The third-order valence-corrected chi connectivity index (χ3v) is 4.49. The van der Waals surface area contributed by atoms with Crippen LogP contribution in [0.25, 0.3) is 0 Å². The van der Waals surface area contributed by atoms with Crippen LogP contribution in [-0.4, -0.2) is 29.8 Å². The lowest BCUT2D eigenvalue weighted by molar-refractivity contribution is -0.144. The number of amides is 2. The minimum Gasteiger partial charge on any atom is -0.351 e. The summed E-state index contributed by atoms with van der Waals surface area (Å²) in [5.74, 6) is -0.149. The van der Waals surface area contributed by atoms with Crippen molar-refractivity contribution in [2.24, 2.45) is 5.41 Å². The fourth-order valence-electron chi connectivity index (χ4n) is 2.77. The summed E-state index contributed by atoms with van der Waals surface area (Å²) >= 11 is 5.86. The molecule has 0 atom stereocenters. The molecule has 1 aliphatic rings. The molecule has 1 saturated carbocycles. The van der Waals surface area contributed by atoms with Gasteiger partial charge >= 0.3 is 0 Å². The molecule has 1 aromatic carbocycles. The van der Waals surface area contributed by atoms with Gasteiger partial charge in [-0.2, -0.15) is 0 Å². The first-order chi connectivity index (χ1) is 11.0.